The van der Waals surface area contributed by atoms with Gasteiger partial charge in [-0.3, -0.25) is 10.3 Å². The molecule has 0 atom stereocenters. The number of nitrogens with zero attached hydrogens (tertiary/aromatic N) is 2. The lowest BCUT2D eigenvalue weighted by Crippen LogP contribution is -2.27. The zero-order valence-electron chi connectivity index (χ0n) is 9.29. The fourth-order valence-corrected chi connectivity index (χ4v) is 2.11. The van der Waals surface area contributed by atoms with Gasteiger partial charge in [0.25, 0.3) is 0 Å². The summed E-state index contributed by atoms with van der Waals surface area (Å²) in [4.78, 5) is 6.67. The largest absolute Gasteiger partial charge is 0.388 e. The number of amidine groups is 1. The van der Waals surface area contributed by atoms with Gasteiger partial charge in [-0.1, -0.05) is 6.92 Å². The highest BCUT2D eigenvalue weighted by Crippen LogP contribution is 2.11. The van der Waals surface area contributed by atoms with Crippen LogP contribution in [0.2, 0.25) is 0 Å². The smallest absolute Gasteiger partial charge is 0.107 e. The predicted molar refractivity (Wildman–Crippen MR) is 64.3 cm³/mol. The molecule has 0 bridgehead atoms. The van der Waals surface area contributed by atoms with Crippen molar-refractivity contribution >= 4 is 17.2 Å². The highest BCUT2D eigenvalue weighted by Gasteiger charge is 2.06. The van der Waals surface area contributed by atoms with Crippen molar-refractivity contribution in [3.63, 3.8) is 0 Å². The minimum atomic E-state index is 0.253. The first-order valence-corrected chi connectivity index (χ1v) is 5.96. The van der Waals surface area contributed by atoms with Crippen LogP contribution in [0.1, 0.15) is 24.0 Å². The van der Waals surface area contributed by atoms with Crippen LogP contribution >= 0.6 is 11.3 Å². The van der Waals surface area contributed by atoms with E-state index < -0.39 is 0 Å². The van der Waals surface area contributed by atoms with E-state index in [1.807, 2.05) is 6.92 Å². The molecule has 0 aromatic carbocycles. The van der Waals surface area contributed by atoms with E-state index in [-0.39, 0.29) is 5.84 Å². The molecule has 3 N–H and O–H groups in total. The van der Waals surface area contributed by atoms with Crippen molar-refractivity contribution in [3.8, 4) is 0 Å². The topological polar surface area (TPSA) is 66.0 Å². The Morgan fingerprint density at radius 1 is 1.67 bits per heavy atom. The van der Waals surface area contributed by atoms with E-state index in [1.54, 1.807) is 11.3 Å². The highest BCUT2D eigenvalue weighted by atomic mass is 32.1. The summed E-state index contributed by atoms with van der Waals surface area (Å²) in [6.45, 7) is 6.78. The number of aryl methyl sites for hydroxylation is 1. The second kappa shape index (κ2) is 5.82. The molecule has 1 aromatic heterocycles. The number of hydrogen-bond acceptors (Lipinski definition) is 4. The lowest BCUT2D eigenvalue weighted by Gasteiger charge is -2.18. The summed E-state index contributed by atoms with van der Waals surface area (Å²) in [6, 6.07) is 0. The van der Waals surface area contributed by atoms with Gasteiger partial charge in [0, 0.05) is 24.0 Å². The van der Waals surface area contributed by atoms with Gasteiger partial charge in [-0.15, -0.1) is 11.3 Å². The molecule has 4 nitrogen and oxygen atoms in total. The van der Waals surface area contributed by atoms with Gasteiger partial charge in [0.15, 0.2) is 0 Å². The van der Waals surface area contributed by atoms with Gasteiger partial charge in [-0.25, -0.2) is 4.98 Å². The van der Waals surface area contributed by atoms with E-state index in [1.165, 1.54) is 0 Å². The van der Waals surface area contributed by atoms with Crippen molar-refractivity contribution in [3.05, 3.63) is 16.1 Å². The molecule has 84 valence electrons. The molecule has 0 saturated carbocycles. The molecule has 0 spiro atoms. The minimum absolute atomic E-state index is 0.253. The summed E-state index contributed by atoms with van der Waals surface area (Å²) < 4.78 is 0. The van der Waals surface area contributed by atoms with Gasteiger partial charge >= 0.3 is 0 Å². The molecule has 1 rings (SSSR count). The van der Waals surface area contributed by atoms with Gasteiger partial charge in [0.05, 0.1) is 12.4 Å². The zero-order chi connectivity index (χ0) is 11.3. The van der Waals surface area contributed by atoms with Crippen molar-refractivity contribution in [2.75, 3.05) is 13.1 Å². The molecule has 15 heavy (non-hydrogen) atoms. The zero-order valence-corrected chi connectivity index (χ0v) is 10.1. The molecule has 0 radical (unpaired) electrons. The Kier molecular flexibility index (Phi) is 4.71. The van der Waals surface area contributed by atoms with Crippen LogP contribution in [0.25, 0.3) is 0 Å². The van der Waals surface area contributed by atoms with Crippen molar-refractivity contribution < 1.29 is 0 Å². The van der Waals surface area contributed by atoms with Crippen LogP contribution in [0.5, 0.6) is 0 Å². The number of nitrogens with two attached hydrogens (primary N) is 1. The molecule has 1 aromatic rings. The van der Waals surface area contributed by atoms with Crippen LogP contribution in [0.3, 0.4) is 0 Å². The normalized spacial score (nSPS) is 10.9. The fraction of sp³-hybridized carbons (Fsp3) is 0.600. The van der Waals surface area contributed by atoms with E-state index in [2.05, 4.69) is 22.2 Å². The maximum absolute atomic E-state index is 7.18. The molecule has 0 aliphatic rings. The highest BCUT2D eigenvalue weighted by molar-refractivity contribution is 7.09. The number of thiazole rings is 1. The Morgan fingerprint density at radius 2 is 2.40 bits per heavy atom. The first-order chi connectivity index (χ1) is 7.11. The third kappa shape index (κ3) is 4.40. The Morgan fingerprint density at radius 3 is 2.87 bits per heavy atom. The average Bonchev–Trinajstić information content (AvgIpc) is 2.58. The molecular formula is C10H18N4S. The molecular weight excluding hydrogens is 208 g/mol. The lowest BCUT2D eigenvalue weighted by atomic mass is 10.3. The Labute approximate surface area is 94.6 Å². The SMILES string of the molecule is CCN(CCC(=N)N)Cc1nc(C)cs1. The second-order valence-corrected chi connectivity index (χ2v) is 4.47. The molecule has 0 aliphatic heterocycles. The van der Waals surface area contributed by atoms with Crippen molar-refractivity contribution in [1.82, 2.24) is 9.88 Å². The maximum Gasteiger partial charge on any atom is 0.107 e. The van der Waals surface area contributed by atoms with Crippen molar-refractivity contribution in [2.45, 2.75) is 26.8 Å². The first kappa shape index (κ1) is 12.1. The van der Waals surface area contributed by atoms with Gasteiger partial charge in [-0.05, 0) is 13.5 Å². The number of nitrogens with one attached hydrogen (secondary N) is 1. The van der Waals surface area contributed by atoms with Gasteiger partial charge < -0.3 is 5.73 Å². The van der Waals surface area contributed by atoms with Crippen LogP contribution < -0.4 is 5.73 Å². The molecule has 5 heteroatoms. The standard InChI is InChI=1S/C10H18N4S/c1-3-14(5-4-9(11)12)6-10-13-8(2)7-15-10/h7H,3-6H2,1-2H3,(H3,11,12). The lowest BCUT2D eigenvalue weighted by molar-refractivity contribution is 0.287. The maximum atomic E-state index is 7.18. The third-order valence-corrected chi connectivity index (χ3v) is 3.12. The molecule has 0 unspecified atom stereocenters. The summed E-state index contributed by atoms with van der Waals surface area (Å²) >= 11 is 1.69. The van der Waals surface area contributed by atoms with E-state index in [0.29, 0.717) is 6.42 Å². The van der Waals surface area contributed by atoms with E-state index in [0.717, 1.165) is 30.3 Å². The molecule has 0 aliphatic carbocycles. The number of hydrogen-bond donors (Lipinski definition) is 2. The Bertz CT molecular complexity index is 321. The van der Waals surface area contributed by atoms with Crippen LogP contribution in [0.15, 0.2) is 5.38 Å². The van der Waals surface area contributed by atoms with Crippen LogP contribution in [-0.2, 0) is 6.54 Å². The Balaban J connectivity index is 2.42. The van der Waals surface area contributed by atoms with Crippen molar-refractivity contribution in [2.24, 2.45) is 5.73 Å². The fourth-order valence-electron chi connectivity index (χ4n) is 1.29. The number of aromatic nitrogens is 1. The summed E-state index contributed by atoms with van der Waals surface area (Å²) in [5.41, 5.74) is 6.42. The van der Waals surface area contributed by atoms with Gasteiger partial charge in [0.2, 0.25) is 0 Å². The summed E-state index contributed by atoms with van der Waals surface area (Å²) in [7, 11) is 0. The van der Waals surface area contributed by atoms with Crippen LogP contribution in [0.4, 0.5) is 0 Å². The second-order valence-electron chi connectivity index (χ2n) is 3.53. The van der Waals surface area contributed by atoms with E-state index >= 15 is 0 Å². The van der Waals surface area contributed by atoms with Crippen LogP contribution in [0, 0.1) is 12.3 Å². The molecule has 0 amide bonds. The number of rotatable bonds is 6. The molecule has 1 heterocycles. The van der Waals surface area contributed by atoms with E-state index in [4.69, 9.17) is 11.1 Å². The first-order valence-electron chi connectivity index (χ1n) is 5.08. The third-order valence-electron chi connectivity index (χ3n) is 2.17. The summed E-state index contributed by atoms with van der Waals surface area (Å²) in [5, 5.41) is 10.4. The Hall–Kier alpha value is -0.940. The predicted octanol–water partition coefficient (Wildman–Crippen LogP) is 1.60. The van der Waals surface area contributed by atoms with Gasteiger partial charge in [-0.2, -0.15) is 0 Å². The minimum Gasteiger partial charge on any atom is -0.388 e. The molecule has 0 saturated heterocycles. The van der Waals surface area contributed by atoms with Crippen molar-refractivity contribution in [1.29, 1.82) is 5.41 Å². The monoisotopic (exact) mass is 226 g/mol. The molecule has 0 fully saturated rings. The summed E-state index contributed by atoms with van der Waals surface area (Å²) in [5.74, 6) is 0.253. The average molecular weight is 226 g/mol. The quantitative estimate of drug-likeness (QED) is 0.572. The van der Waals surface area contributed by atoms with E-state index in [9.17, 15) is 0 Å². The van der Waals surface area contributed by atoms with Gasteiger partial charge in [0.1, 0.15) is 5.01 Å². The summed E-state index contributed by atoms with van der Waals surface area (Å²) in [6.07, 6.45) is 0.637. The van der Waals surface area contributed by atoms with Crippen LogP contribution in [-0.4, -0.2) is 28.8 Å².